The number of nitrogens with two attached hydrogens (primary N) is 1. The van der Waals surface area contributed by atoms with E-state index in [1.165, 1.54) is 6.92 Å². The number of phosphoric acid groups is 1. The van der Waals surface area contributed by atoms with Crippen LogP contribution in [0.4, 0.5) is 0 Å². The van der Waals surface area contributed by atoms with Gasteiger partial charge in [0.15, 0.2) is 0 Å². The Morgan fingerprint density at radius 1 is 1.64 bits per heavy atom. The van der Waals surface area contributed by atoms with Crippen LogP contribution in [-0.2, 0) is 13.9 Å². The molecule has 0 saturated carbocycles. The van der Waals surface area contributed by atoms with E-state index in [0.717, 1.165) is 6.08 Å². The first-order valence-electron chi connectivity index (χ1n) is 2.54. The summed E-state index contributed by atoms with van der Waals surface area (Å²) in [6.45, 7) is 1.21. The molecule has 0 radical (unpaired) electrons. The summed E-state index contributed by atoms with van der Waals surface area (Å²) < 4.78 is 14.1. The van der Waals surface area contributed by atoms with Gasteiger partial charge in [0.1, 0.15) is 5.76 Å². The van der Waals surface area contributed by atoms with Crippen LogP contribution >= 0.6 is 7.82 Å². The Balaban J connectivity index is 4.19. The molecule has 0 bridgehead atoms. The third kappa shape index (κ3) is 7.05. The largest absolute Gasteiger partial charge is 0.524 e. The average Bonchev–Trinajstić information content (AvgIpc) is 1.53. The summed E-state index contributed by atoms with van der Waals surface area (Å²) in [4.78, 5) is 26.5. The second kappa shape index (κ2) is 3.52. The summed E-state index contributed by atoms with van der Waals surface area (Å²) in [5, 5.41) is 0. The zero-order valence-electron chi connectivity index (χ0n) is 5.72. The quantitative estimate of drug-likeness (QED) is 0.308. The molecule has 0 aromatic rings. The molecule has 0 aliphatic carbocycles. The highest BCUT2D eigenvalue weighted by molar-refractivity contribution is 7.46. The van der Waals surface area contributed by atoms with Crippen LogP contribution in [0.2, 0.25) is 0 Å². The molecule has 64 valence electrons. The first kappa shape index (κ1) is 10.2. The van der Waals surface area contributed by atoms with Crippen molar-refractivity contribution in [3.05, 3.63) is 11.8 Å². The molecule has 0 rings (SSSR count). The van der Waals surface area contributed by atoms with Gasteiger partial charge >= 0.3 is 7.82 Å². The van der Waals surface area contributed by atoms with Crippen LogP contribution in [0, 0.1) is 0 Å². The minimum Gasteiger partial charge on any atom is -0.409 e. The SMILES string of the molecule is C/C(=C/C(N)=O)OP(=O)(O)O. The highest BCUT2D eigenvalue weighted by Gasteiger charge is 2.15. The van der Waals surface area contributed by atoms with Crippen molar-refractivity contribution in [2.75, 3.05) is 0 Å². The molecule has 4 N–H and O–H groups in total. The summed E-state index contributed by atoms with van der Waals surface area (Å²) in [6, 6.07) is 0. The van der Waals surface area contributed by atoms with E-state index < -0.39 is 13.7 Å². The van der Waals surface area contributed by atoms with Gasteiger partial charge in [0.2, 0.25) is 5.91 Å². The van der Waals surface area contributed by atoms with Gasteiger partial charge in [-0.2, -0.15) is 0 Å². The van der Waals surface area contributed by atoms with Gasteiger partial charge in [0.25, 0.3) is 0 Å². The molecule has 0 heterocycles. The molecule has 6 nitrogen and oxygen atoms in total. The molecule has 11 heavy (non-hydrogen) atoms. The molecular weight excluding hydrogens is 173 g/mol. The number of carbonyl (C=O) groups excluding carboxylic acids is 1. The van der Waals surface area contributed by atoms with Gasteiger partial charge in [-0.25, -0.2) is 4.57 Å². The van der Waals surface area contributed by atoms with E-state index in [4.69, 9.17) is 9.79 Å². The Morgan fingerprint density at radius 3 is 2.36 bits per heavy atom. The number of amides is 1. The van der Waals surface area contributed by atoms with Crippen molar-refractivity contribution in [1.29, 1.82) is 0 Å². The van der Waals surface area contributed by atoms with E-state index in [1.54, 1.807) is 0 Å². The van der Waals surface area contributed by atoms with Gasteiger partial charge in [0, 0.05) is 6.08 Å². The first-order valence-corrected chi connectivity index (χ1v) is 4.07. The lowest BCUT2D eigenvalue weighted by molar-refractivity contribution is -0.113. The van der Waals surface area contributed by atoms with Crippen LogP contribution in [0.1, 0.15) is 6.92 Å². The van der Waals surface area contributed by atoms with Crippen molar-refractivity contribution < 1.29 is 23.7 Å². The first-order chi connectivity index (χ1) is 4.81. The Morgan fingerprint density at radius 2 is 2.09 bits per heavy atom. The minimum atomic E-state index is -4.55. The smallest absolute Gasteiger partial charge is 0.409 e. The number of allylic oxidation sites excluding steroid dienone is 1. The van der Waals surface area contributed by atoms with Gasteiger partial charge in [-0.15, -0.1) is 0 Å². The maximum atomic E-state index is 10.1. The molecule has 0 saturated heterocycles. The third-order valence-corrected chi connectivity index (χ3v) is 1.13. The molecule has 0 unspecified atom stereocenters. The third-order valence-electron chi connectivity index (χ3n) is 0.608. The van der Waals surface area contributed by atoms with Crippen LogP contribution < -0.4 is 5.73 Å². The van der Waals surface area contributed by atoms with Crippen molar-refractivity contribution in [3.8, 4) is 0 Å². The second-order valence-electron chi connectivity index (χ2n) is 1.74. The fourth-order valence-electron chi connectivity index (χ4n) is 0.414. The number of rotatable bonds is 3. The molecule has 0 spiro atoms. The van der Waals surface area contributed by atoms with Crippen LogP contribution in [0.3, 0.4) is 0 Å². The van der Waals surface area contributed by atoms with E-state index in [2.05, 4.69) is 10.3 Å². The van der Waals surface area contributed by atoms with E-state index >= 15 is 0 Å². The van der Waals surface area contributed by atoms with Gasteiger partial charge in [0.05, 0.1) is 0 Å². The fraction of sp³-hybridized carbons (Fsp3) is 0.250. The van der Waals surface area contributed by atoms with Gasteiger partial charge in [-0.1, -0.05) is 0 Å². The monoisotopic (exact) mass is 181 g/mol. The molecule has 0 aliphatic rings. The molecule has 1 amide bonds. The minimum absolute atomic E-state index is 0.217. The molecule has 0 aliphatic heterocycles. The Kier molecular flexibility index (Phi) is 3.25. The van der Waals surface area contributed by atoms with Crippen LogP contribution in [0.25, 0.3) is 0 Å². The summed E-state index contributed by atoms with van der Waals surface area (Å²) in [5.41, 5.74) is 4.66. The number of primary amides is 1. The summed E-state index contributed by atoms with van der Waals surface area (Å²) in [6.07, 6.45) is 0.777. The predicted molar refractivity (Wildman–Crippen MR) is 36.1 cm³/mol. The van der Waals surface area contributed by atoms with Crippen molar-refractivity contribution in [3.63, 3.8) is 0 Å². The van der Waals surface area contributed by atoms with Crippen molar-refractivity contribution >= 4 is 13.7 Å². The Labute approximate surface area is 62.9 Å². The average molecular weight is 181 g/mol. The van der Waals surface area contributed by atoms with Gasteiger partial charge < -0.3 is 10.3 Å². The van der Waals surface area contributed by atoms with E-state index in [-0.39, 0.29) is 5.76 Å². The topological polar surface area (TPSA) is 110 Å². The zero-order valence-corrected chi connectivity index (χ0v) is 6.62. The summed E-state index contributed by atoms with van der Waals surface area (Å²) >= 11 is 0. The van der Waals surface area contributed by atoms with E-state index in [9.17, 15) is 9.36 Å². The zero-order chi connectivity index (χ0) is 9.07. The van der Waals surface area contributed by atoms with Gasteiger partial charge in [-0.3, -0.25) is 14.6 Å². The van der Waals surface area contributed by atoms with Crippen LogP contribution in [-0.4, -0.2) is 15.7 Å². The highest BCUT2D eigenvalue weighted by atomic mass is 31.2. The number of carbonyl (C=O) groups is 1. The molecule has 0 atom stereocenters. The lowest BCUT2D eigenvalue weighted by Gasteiger charge is -2.04. The highest BCUT2D eigenvalue weighted by Crippen LogP contribution is 2.38. The lowest BCUT2D eigenvalue weighted by Crippen LogP contribution is -2.07. The summed E-state index contributed by atoms with van der Waals surface area (Å²) in [7, 11) is -4.55. The maximum Gasteiger partial charge on any atom is 0.524 e. The second-order valence-corrected chi connectivity index (χ2v) is 2.90. The molecule has 0 fully saturated rings. The van der Waals surface area contributed by atoms with E-state index in [1.807, 2.05) is 0 Å². The number of phosphoric ester groups is 1. The van der Waals surface area contributed by atoms with Crippen molar-refractivity contribution in [2.24, 2.45) is 5.73 Å². The van der Waals surface area contributed by atoms with Crippen LogP contribution in [0.5, 0.6) is 0 Å². The molecule has 0 aromatic carbocycles. The van der Waals surface area contributed by atoms with Crippen molar-refractivity contribution in [1.82, 2.24) is 0 Å². The fourth-order valence-corrected chi connectivity index (χ4v) is 0.842. The number of hydrogen-bond acceptors (Lipinski definition) is 3. The lowest BCUT2D eigenvalue weighted by atomic mass is 10.5. The van der Waals surface area contributed by atoms with Crippen molar-refractivity contribution in [2.45, 2.75) is 6.92 Å². The molecular formula is C4H8NO5P. The predicted octanol–water partition coefficient (Wildman–Crippen LogP) is -0.515. The van der Waals surface area contributed by atoms with E-state index in [0.29, 0.717) is 0 Å². The van der Waals surface area contributed by atoms with Crippen LogP contribution in [0.15, 0.2) is 11.8 Å². The van der Waals surface area contributed by atoms with Gasteiger partial charge in [-0.05, 0) is 6.92 Å². The molecule has 0 aromatic heterocycles. The maximum absolute atomic E-state index is 10.1. The summed E-state index contributed by atoms with van der Waals surface area (Å²) in [5.74, 6) is -1.04. The number of hydrogen-bond donors (Lipinski definition) is 3. The molecule has 7 heteroatoms. The Hall–Kier alpha value is -0.840. The standard InChI is InChI=1S/C4H8NO5P/c1-3(2-4(5)6)10-11(7,8)9/h2H,1H3,(H2,5,6)(H2,7,8,9)/b3-2-. The Bertz CT molecular complexity index is 229. The normalized spacial score (nSPS) is 12.8.